The minimum Gasteiger partial charge on any atom is -0.466 e. The van der Waals surface area contributed by atoms with Crippen molar-refractivity contribution in [2.24, 2.45) is 11.8 Å². The molecule has 3 fully saturated rings. The highest BCUT2D eigenvalue weighted by Gasteiger charge is 2.75. The van der Waals surface area contributed by atoms with Crippen LogP contribution >= 0.6 is 0 Å². The van der Waals surface area contributed by atoms with Gasteiger partial charge in [-0.3, -0.25) is 14.4 Å². The third-order valence-corrected chi connectivity index (χ3v) is 6.38. The molecule has 0 aromatic heterocycles. The Labute approximate surface area is 171 Å². The van der Waals surface area contributed by atoms with Crippen molar-refractivity contribution in [3.63, 3.8) is 0 Å². The Morgan fingerprint density at radius 2 is 2.21 bits per heavy atom. The van der Waals surface area contributed by atoms with Gasteiger partial charge in [-0.05, 0) is 40.0 Å². The fraction of sp³-hybridized carbons (Fsp3) is 0.762. The molecule has 1 N–H and O–H groups in total. The minimum atomic E-state index is -1.01. The van der Waals surface area contributed by atoms with Crippen LogP contribution in [0.3, 0.4) is 0 Å². The van der Waals surface area contributed by atoms with Gasteiger partial charge < -0.3 is 24.4 Å². The molecule has 3 saturated heterocycles. The third-order valence-electron chi connectivity index (χ3n) is 6.38. The number of aliphatic hydroxyl groups excluding tert-OH is 1. The van der Waals surface area contributed by atoms with E-state index in [1.165, 1.54) is 4.90 Å². The van der Waals surface area contributed by atoms with Gasteiger partial charge in [0.15, 0.2) is 0 Å². The lowest BCUT2D eigenvalue weighted by atomic mass is 9.70. The number of likely N-dealkylation sites (tertiary alicyclic amines) is 1. The molecular weight excluding hydrogens is 376 g/mol. The Hall–Kier alpha value is -1.93. The zero-order valence-corrected chi connectivity index (χ0v) is 17.5. The second-order valence-corrected chi connectivity index (χ2v) is 8.29. The van der Waals surface area contributed by atoms with Crippen molar-refractivity contribution in [1.82, 2.24) is 9.80 Å². The van der Waals surface area contributed by atoms with Gasteiger partial charge in [-0.1, -0.05) is 6.08 Å². The first kappa shape index (κ1) is 21.8. The summed E-state index contributed by atoms with van der Waals surface area (Å²) in [6.45, 7) is 10.1. The molecule has 162 valence electrons. The van der Waals surface area contributed by atoms with Gasteiger partial charge in [0.05, 0.1) is 24.5 Å². The first-order valence-corrected chi connectivity index (χ1v) is 10.5. The Morgan fingerprint density at radius 1 is 1.48 bits per heavy atom. The van der Waals surface area contributed by atoms with Gasteiger partial charge in [0.1, 0.15) is 11.6 Å². The molecule has 3 heterocycles. The number of ether oxygens (including phenoxy) is 2. The molecule has 0 saturated carbocycles. The predicted octanol–water partition coefficient (Wildman–Crippen LogP) is 0.730. The third kappa shape index (κ3) is 3.36. The van der Waals surface area contributed by atoms with Crippen LogP contribution in [0.15, 0.2) is 12.7 Å². The maximum atomic E-state index is 13.6. The van der Waals surface area contributed by atoms with Crippen LogP contribution < -0.4 is 0 Å². The lowest BCUT2D eigenvalue weighted by molar-refractivity contribution is -0.155. The van der Waals surface area contributed by atoms with E-state index in [4.69, 9.17) is 9.47 Å². The molecule has 2 bridgehead atoms. The molecule has 3 aliphatic heterocycles. The zero-order valence-electron chi connectivity index (χ0n) is 17.5. The number of hydrogen-bond acceptors (Lipinski definition) is 6. The van der Waals surface area contributed by atoms with E-state index in [9.17, 15) is 19.5 Å². The smallest absolute Gasteiger partial charge is 0.312 e. The van der Waals surface area contributed by atoms with Crippen molar-refractivity contribution in [2.45, 2.75) is 63.8 Å². The maximum absolute atomic E-state index is 13.6. The number of carbonyl (C=O) groups is 3. The van der Waals surface area contributed by atoms with E-state index in [0.717, 1.165) is 0 Å². The van der Waals surface area contributed by atoms with Gasteiger partial charge in [-0.25, -0.2) is 0 Å². The summed E-state index contributed by atoms with van der Waals surface area (Å²) in [4.78, 5) is 42.9. The fourth-order valence-corrected chi connectivity index (χ4v) is 5.27. The number of carbonyl (C=O) groups excluding carboxylic acids is 3. The van der Waals surface area contributed by atoms with Gasteiger partial charge in [0.2, 0.25) is 11.8 Å². The molecule has 0 aromatic carbocycles. The van der Waals surface area contributed by atoms with Crippen LogP contribution in [0, 0.1) is 11.8 Å². The fourth-order valence-electron chi connectivity index (χ4n) is 5.27. The number of amides is 2. The van der Waals surface area contributed by atoms with Gasteiger partial charge >= 0.3 is 5.97 Å². The van der Waals surface area contributed by atoms with E-state index in [2.05, 4.69) is 6.58 Å². The standard InChI is InChI=1S/C21H32N2O6/c1-5-10-22(13(3)4)19(26)17-21-9-8-14(29-21)15(20(27)28-6-2)16(21)18(25)23(17)11-7-12-24/h5,13-17,24H,1,6-12H2,2-4H3/t14-,15+,16+,17-,21+/m1/s1. The first-order chi connectivity index (χ1) is 13.8. The second-order valence-electron chi connectivity index (χ2n) is 8.29. The highest BCUT2D eigenvalue weighted by molar-refractivity contribution is 5.98. The number of aliphatic hydroxyl groups is 1. The van der Waals surface area contributed by atoms with Crippen LogP contribution in [0.1, 0.15) is 40.0 Å². The van der Waals surface area contributed by atoms with Crippen LogP contribution in [0.4, 0.5) is 0 Å². The molecule has 0 unspecified atom stereocenters. The van der Waals surface area contributed by atoms with Crippen molar-refractivity contribution in [2.75, 3.05) is 26.3 Å². The molecule has 3 aliphatic rings. The first-order valence-electron chi connectivity index (χ1n) is 10.5. The van der Waals surface area contributed by atoms with Crippen LogP contribution in [0.5, 0.6) is 0 Å². The molecule has 0 aliphatic carbocycles. The summed E-state index contributed by atoms with van der Waals surface area (Å²) in [5.41, 5.74) is -1.01. The number of hydrogen-bond donors (Lipinski definition) is 1. The van der Waals surface area contributed by atoms with Crippen molar-refractivity contribution in [3.05, 3.63) is 12.7 Å². The molecule has 0 aromatic rings. The molecular formula is C21H32N2O6. The predicted molar refractivity (Wildman–Crippen MR) is 105 cm³/mol. The summed E-state index contributed by atoms with van der Waals surface area (Å²) in [7, 11) is 0. The topological polar surface area (TPSA) is 96.4 Å². The van der Waals surface area contributed by atoms with Gasteiger partial charge in [-0.2, -0.15) is 0 Å². The Bertz CT molecular complexity index is 680. The number of esters is 1. The van der Waals surface area contributed by atoms with E-state index < -0.39 is 35.6 Å². The number of nitrogens with zero attached hydrogens (tertiary/aromatic N) is 2. The molecule has 29 heavy (non-hydrogen) atoms. The summed E-state index contributed by atoms with van der Waals surface area (Å²) in [6.07, 6.45) is 2.79. The van der Waals surface area contributed by atoms with Crippen molar-refractivity contribution in [1.29, 1.82) is 0 Å². The highest BCUT2D eigenvalue weighted by Crippen LogP contribution is 2.58. The normalized spacial score (nSPS) is 32.6. The van der Waals surface area contributed by atoms with Gasteiger partial charge in [-0.15, -0.1) is 6.58 Å². The molecule has 0 radical (unpaired) electrons. The average molecular weight is 408 g/mol. The molecule has 1 spiro atoms. The van der Waals surface area contributed by atoms with Crippen molar-refractivity contribution < 1.29 is 29.0 Å². The molecule has 5 atom stereocenters. The maximum Gasteiger partial charge on any atom is 0.312 e. The SMILES string of the molecule is C=CCN(C(=O)[C@H]1N(CCCO)C(=O)[C@@H]2[C@@H](C(=O)OCC)[C@H]3CC[C@]21O3)C(C)C. The Morgan fingerprint density at radius 3 is 2.79 bits per heavy atom. The van der Waals surface area contributed by atoms with E-state index in [1.54, 1.807) is 17.9 Å². The Balaban J connectivity index is 2.01. The largest absolute Gasteiger partial charge is 0.466 e. The van der Waals surface area contributed by atoms with E-state index in [-0.39, 0.29) is 37.6 Å². The molecule has 8 nitrogen and oxygen atoms in total. The molecule has 8 heteroatoms. The zero-order chi connectivity index (χ0) is 21.3. The van der Waals surface area contributed by atoms with Crippen LogP contribution in [0.25, 0.3) is 0 Å². The quantitative estimate of drug-likeness (QED) is 0.446. The lowest BCUT2D eigenvalue weighted by Crippen LogP contribution is -2.57. The van der Waals surface area contributed by atoms with Crippen LogP contribution in [-0.2, 0) is 23.9 Å². The van der Waals surface area contributed by atoms with Crippen molar-refractivity contribution in [3.8, 4) is 0 Å². The Kier molecular flexibility index (Phi) is 6.33. The van der Waals surface area contributed by atoms with Crippen LogP contribution in [0.2, 0.25) is 0 Å². The van der Waals surface area contributed by atoms with E-state index >= 15 is 0 Å². The number of fused-ring (bicyclic) bond motifs is 1. The van der Waals surface area contributed by atoms with Crippen LogP contribution in [-0.4, -0.2) is 82.8 Å². The summed E-state index contributed by atoms with van der Waals surface area (Å²) in [5.74, 6) is -2.28. The summed E-state index contributed by atoms with van der Waals surface area (Å²) < 4.78 is 11.5. The van der Waals surface area contributed by atoms with E-state index in [0.29, 0.717) is 25.8 Å². The second kappa shape index (κ2) is 8.44. The average Bonchev–Trinajstić information content (AvgIpc) is 3.31. The van der Waals surface area contributed by atoms with E-state index in [1.807, 2.05) is 13.8 Å². The monoisotopic (exact) mass is 408 g/mol. The molecule has 3 rings (SSSR count). The summed E-state index contributed by atoms with van der Waals surface area (Å²) >= 11 is 0. The summed E-state index contributed by atoms with van der Waals surface area (Å²) in [5, 5.41) is 9.31. The van der Waals surface area contributed by atoms with Gasteiger partial charge in [0, 0.05) is 25.7 Å². The molecule has 2 amide bonds. The number of rotatable bonds is 9. The minimum absolute atomic E-state index is 0.0785. The lowest BCUT2D eigenvalue weighted by Gasteiger charge is -2.38. The highest BCUT2D eigenvalue weighted by atomic mass is 16.6. The van der Waals surface area contributed by atoms with Crippen molar-refractivity contribution >= 4 is 17.8 Å². The summed E-state index contributed by atoms with van der Waals surface area (Å²) in [6, 6.07) is -0.886. The van der Waals surface area contributed by atoms with Gasteiger partial charge in [0.25, 0.3) is 0 Å².